The molecule has 0 bridgehead atoms. The van der Waals surface area contributed by atoms with E-state index < -0.39 is 18.4 Å². The highest BCUT2D eigenvalue weighted by Gasteiger charge is 2.25. The number of aliphatic carboxylic acids is 1. The van der Waals surface area contributed by atoms with Crippen molar-refractivity contribution in [2.24, 2.45) is 0 Å². The Labute approximate surface area is 514 Å². The smallest absolute Gasteiger partial charge is 0.361 e. The number of nitrogens with zero attached hydrogens (tertiary/aromatic N) is 1. The topological polar surface area (TPSA) is 108 Å². The number of ether oxygens (including phenoxy) is 4. The summed E-state index contributed by atoms with van der Waals surface area (Å²) in [4.78, 5) is 37.6. The van der Waals surface area contributed by atoms with Gasteiger partial charge in [-0.2, -0.15) is 0 Å². The first kappa shape index (κ1) is 80.0. The van der Waals surface area contributed by atoms with Gasteiger partial charge in [0.15, 0.2) is 6.10 Å². The Morgan fingerprint density at radius 2 is 0.687 bits per heavy atom. The molecule has 9 heteroatoms. The molecule has 0 amide bonds. The average Bonchev–Trinajstić information content (AvgIpc) is 3.46. The largest absolute Gasteiger partial charge is 0.477 e. The molecule has 0 saturated heterocycles. The number of allylic oxidation sites excluding steroid dienone is 10. The summed E-state index contributed by atoms with van der Waals surface area (Å²) in [5.74, 6) is -1.98. The van der Waals surface area contributed by atoms with Gasteiger partial charge in [-0.25, -0.2) is 4.79 Å². The minimum atomic E-state index is -1.51. The molecule has 0 fully saturated rings. The van der Waals surface area contributed by atoms with Gasteiger partial charge in [-0.1, -0.05) is 306 Å². The molecular formula is C74H136NO8+. The van der Waals surface area contributed by atoms with Crippen molar-refractivity contribution < 1.29 is 42.9 Å². The average molecular weight is 1170 g/mol. The van der Waals surface area contributed by atoms with Crippen LogP contribution in [0.25, 0.3) is 0 Å². The zero-order chi connectivity index (χ0) is 60.5. The number of carboxylic acid groups (broad SMARTS) is 1. The normalized spacial score (nSPS) is 13.0. The monoisotopic (exact) mass is 1170 g/mol. The van der Waals surface area contributed by atoms with E-state index in [2.05, 4.69) is 74.6 Å². The number of carboxylic acids is 1. The van der Waals surface area contributed by atoms with E-state index in [1.54, 1.807) is 0 Å². The Morgan fingerprint density at radius 3 is 1.04 bits per heavy atom. The fourth-order valence-corrected chi connectivity index (χ4v) is 10.4. The standard InChI is InChI=1S/C74H135NO8/c1-6-8-10-12-14-16-18-20-22-24-26-28-30-32-34-35-36-37-39-41-43-45-47-49-51-53-55-57-59-61-63-65-72(77)83-70(69-82-74(73(78)79)80-67-66-75(3,4)5)68-81-71(76)64-62-60-58-56-54-52-50-48-46-44-42-40-38-33-31-29-27-25-23-21-19-17-15-13-11-9-7-2/h8,10,14,16,20,22,25-28,70,74H,6-7,9,11-13,15,17-19,21,23-24,29-69H2,1-5H3/p+1/b10-8-,16-14-,22-20-,27-25-,28-26-. The van der Waals surface area contributed by atoms with E-state index in [1.807, 2.05) is 21.1 Å². The van der Waals surface area contributed by atoms with Crippen molar-refractivity contribution in [2.45, 2.75) is 347 Å². The Hall–Kier alpha value is -3.01. The first-order valence-electron chi connectivity index (χ1n) is 35.5. The third kappa shape index (κ3) is 66.4. The van der Waals surface area contributed by atoms with E-state index in [0.29, 0.717) is 17.4 Å². The summed E-state index contributed by atoms with van der Waals surface area (Å²) in [5, 5.41) is 9.75. The van der Waals surface area contributed by atoms with Gasteiger partial charge >= 0.3 is 17.9 Å². The van der Waals surface area contributed by atoms with Crippen molar-refractivity contribution >= 4 is 17.9 Å². The summed E-state index contributed by atoms with van der Waals surface area (Å²) < 4.78 is 23.0. The maximum Gasteiger partial charge on any atom is 0.361 e. The number of quaternary nitrogens is 1. The lowest BCUT2D eigenvalue weighted by Gasteiger charge is -2.25. The molecular weight excluding hydrogens is 1030 g/mol. The van der Waals surface area contributed by atoms with Crippen LogP contribution in [0.5, 0.6) is 0 Å². The summed E-state index contributed by atoms with van der Waals surface area (Å²) in [6, 6.07) is 0. The van der Waals surface area contributed by atoms with Crippen LogP contribution < -0.4 is 0 Å². The summed E-state index contributed by atoms with van der Waals surface area (Å²) in [7, 11) is 5.99. The van der Waals surface area contributed by atoms with Gasteiger partial charge in [0.1, 0.15) is 13.2 Å². The van der Waals surface area contributed by atoms with Crippen molar-refractivity contribution in [2.75, 3.05) is 47.5 Å². The number of carbonyl (C=O) groups excluding carboxylic acids is 2. The molecule has 0 aromatic carbocycles. The molecule has 2 unspecified atom stereocenters. The maximum atomic E-state index is 12.9. The maximum absolute atomic E-state index is 12.9. The number of likely N-dealkylation sites (N-methyl/N-ethyl adjacent to an activating group) is 1. The van der Waals surface area contributed by atoms with Crippen molar-refractivity contribution in [3.8, 4) is 0 Å². The minimum absolute atomic E-state index is 0.178. The first-order valence-corrected chi connectivity index (χ1v) is 35.5. The van der Waals surface area contributed by atoms with Gasteiger partial charge in [0.05, 0.1) is 34.4 Å². The summed E-state index contributed by atoms with van der Waals surface area (Å²) >= 11 is 0. The van der Waals surface area contributed by atoms with Gasteiger partial charge in [0.2, 0.25) is 0 Å². The molecule has 0 aliphatic rings. The summed E-state index contributed by atoms with van der Waals surface area (Å²) in [5.41, 5.74) is 0. The van der Waals surface area contributed by atoms with Gasteiger partial charge in [0.25, 0.3) is 6.29 Å². The molecule has 1 N–H and O–H groups in total. The van der Waals surface area contributed by atoms with Gasteiger partial charge in [-0.15, -0.1) is 0 Å². The number of unbranched alkanes of at least 4 members (excludes halogenated alkanes) is 41. The van der Waals surface area contributed by atoms with Crippen molar-refractivity contribution in [1.29, 1.82) is 0 Å². The van der Waals surface area contributed by atoms with E-state index in [1.165, 1.54) is 244 Å². The van der Waals surface area contributed by atoms with Crippen LogP contribution in [0.15, 0.2) is 60.8 Å². The SMILES string of the molecule is CC/C=C\C/C=C\C/C=C\C/C=C\CCCCCCCCCCCCCCCCCCCCC(=O)OC(COC(=O)CCCCCCCCCCCCCCCCC/C=C\CCCCCCCCCC)COC(OCC[N+](C)(C)C)C(=O)O. The van der Waals surface area contributed by atoms with E-state index in [4.69, 9.17) is 18.9 Å². The highest BCUT2D eigenvalue weighted by molar-refractivity contribution is 5.71. The van der Waals surface area contributed by atoms with Gasteiger partial charge < -0.3 is 28.5 Å². The summed E-state index contributed by atoms with van der Waals surface area (Å²) in [6.07, 6.45) is 81.9. The van der Waals surface area contributed by atoms with E-state index in [0.717, 1.165) is 64.2 Å². The van der Waals surface area contributed by atoms with Crippen molar-refractivity contribution in [1.82, 2.24) is 0 Å². The van der Waals surface area contributed by atoms with Crippen LogP contribution in [-0.2, 0) is 33.3 Å². The summed E-state index contributed by atoms with van der Waals surface area (Å²) in [6.45, 7) is 4.82. The number of hydrogen-bond donors (Lipinski definition) is 1. The van der Waals surface area contributed by atoms with Crippen LogP contribution in [0.3, 0.4) is 0 Å². The second kappa shape index (κ2) is 65.0. The highest BCUT2D eigenvalue weighted by Crippen LogP contribution is 2.18. The number of carbonyl (C=O) groups is 3. The molecule has 0 rings (SSSR count). The predicted octanol–water partition coefficient (Wildman–Crippen LogP) is 21.9. The number of hydrogen-bond acceptors (Lipinski definition) is 7. The third-order valence-electron chi connectivity index (χ3n) is 15.8. The second-order valence-corrected chi connectivity index (χ2v) is 25.2. The molecule has 0 aromatic rings. The lowest BCUT2D eigenvalue weighted by Crippen LogP contribution is -2.40. The van der Waals surface area contributed by atoms with Crippen LogP contribution in [0.4, 0.5) is 0 Å². The van der Waals surface area contributed by atoms with E-state index in [-0.39, 0.29) is 38.2 Å². The Kier molecular flexibility index (Phi) is 62.6. The fourth-order valence-electron chi connectivity index (χ4n) is 10.4. The molecule has 9 nitrogen and oxygen atoms in total. The molecule has 0 heterocycles. The van der Waals surface area contributed by atoms with Crippen LogP contribution in [0, 0.1) is 0 Å². The van der Waals surface area contributed by atoms with Gasteiger partial charge in [-0.3, -0.25) is 9.59 Å². The van der Waals surface area contributed by atoms with Crippen LogP contribution in [0.2, 0.25) is 0 Å². The van der Waals surface area contributed by atoms with Crippen LogP contribution >= 0.6 is 0 Å². The van der Waals surface area contributed by atoms with E-state index >= 15 is 0 Å². The van der Waals surface area contributed by atoms with Crippen LogP contribution in [0.1, 0.15) is 335 Å². The first-order chi connectivity index (χ1) is 40.6. The molecule has 0 spiro atoms. The lowest BCUT2D eigenvalue weighted by molar-refractivity contribution is -0.870. The lowest BCUT2D eigenvalue weighted by atomic mass is 10.0. The van der Waals surface area contributed by atoms with Crippen molar-refractivity contribution in [3.05, 3.63) is 60.8 Å². The molecule has 484 valence electrons. The zero-order valence-corrected chi connectivity index (χ0v) is 55.4. The molecule has 0 radical (unpaired) electrons. The molecule has 0 aromatic heterocycles. The molecule has 0 saturated carbocycles. The molecule has 2 atom stereocenters. The fraction of sp³-hybridized carbons (Fsp3) is 0.824. The number of esters is 2. The quantitative estimate of drug-likeness (QED) is 0.0211. The van der Waals surface area contributed by atoms with Gasteiger partial charge in [0, 0.05) is 12.8 Å². The minimum Gasteiger partial charge on any atom is -0.477 e. The molecule has 0 aliphatic heterocycles. The Balaban J connectivity index is 4.07. The zero-order valence-electron chi connectivity index (χ0n) is 55.4. The second-order valence-electron chi connectivity index (χ2n) is 25.2. The number of rotatable bonds is 66. The Morgan fingerprint density at radius 1 is 0.373 bits per heavy atom. The third-order valence-corrected chi connectivity index (χ3v) is 15.8. The van der Waals surface area contributed by atoms with E-state index in [9.17, 15) is 19.5 Å². The van der Waals surface area contributed by atoms with Gasteiger partial charge in [-0.05, 0) is 77.0 Å². The molecule has 83 heavy (non-hydrogen) atoms. The predicted molar refractivity (Wildman–Crippen MR) is 355 cm³/mol. The molecule has 0 aliphatic carbocycles. The Bertz CT molecular complexity index is 1550. The van der Waals surface area contributed by atoms with Crippen molar-refractivity contribution in [3.63, 3.8) is 0 Å². The highest BCUT2D eigenvalue weighted by atomic mass is 16.7. The van der Waals surface area contributed by atoms with Crippen LogP contribution in [-0.4, -0.2) is 87.4 Å².